The van der Waals surface area contributed by atoms with Crippen LogP contribution in [0.15, 0.2) is 0 Å². The van der Waals surface area contributed by atoms with Crippen molar-refractivity contribution in [2.45, 2.75) is 79.1 Å². The minimum Gasteiger partial charge on any atom is -0.346 e. The highest BCUT2D eigenvalue weighted by Gasteiger charge is 2.29. The van der Waals surface area contributed by atoms with Crippen molar-refractivity contribution < 1.29 is 9.59 Å². The van der Waals surface area contributed by atoms with Gasteiger partial charge in [-0.1, -0.05) is 27.7 Å². The predicted molar refractivity (Wildman–Crippen MR) is 111 cm³/mol. The van der Waals surface area contributed by atoms with Crippen molar-refractivity contribution in [1.82, 2.24) is 9.80 Å². The quantitative estimate of drug-likeness (QED) is 0.650. The third-order valence-electron chi connectivity index (χ3n) is 6.97. The predicted octanol–water partition coefficient (Wildman–Crippen LogP) is 4.58. The highest BCUT2D eigenvalue weighted by atomic mass is 16.2. The normalized spacial score (nSPS) is 24.5. The van der Waals surface area contributed by atoms with E-state index in [1.54, 1.807) is 0 Å². The molecular weight excluding hydrogens is 336 g/mol. The Bertz CT molecular complexity index is 473. The Labute approximate surface area is 167 Å². The van der Waals surface area contributed by atoms with Crippen molar-refractivity contribution >= 4 is 11.8 Å². The van der Waals surface area contributed by atoms with Crippen LogP contribution in [0.25, 0.3) is 0 Å². The SMILES string of the molecule is CC(C)C(=O)N1CCC(CCCN(C)C(=O)C2CCC(C(C)C)CC2)CC1. The van der Waals surface area contributed by atoms with E-state index < -0.39 is 0 Å². The van der Waals surface area contributed by atoms with Crippen LogP contribution < -0.4 is 0 Å². The van der Waals surface area contributed by atoms with Gasteiger partial charge in [-0.25, -0.2) is 0 Å². The Hall–Kier alpha value is -1.06. The first-order chi connectivity index (χ1) is 12.8. The maximum absolute atomic E-state index is 12.7. The molecule has 0 aromatic heterocycles. The Morgan fingerprint density at radius 1 is 0.963 bits per heavy atom. The number of likely N-dealkylation sites (tertiary alicyclic amines) is 1. The Balaban J connectivity index is 1.63. The van der Waals surface area contributed by atoms with Gasteiger partial charge in [0, 0.05) is 38.5 Å². The zero-order valence-electron chi connectivity index (χ0n) is 18.4. The second-order valence-corrected chi connectivity index (χ2v) is 9.68. The average molecular weight is 379 g/mol. The van der Waals surface area contributed by atoms with Gasteiger partial charge in [-0.2, -0.15) is 0 Å². The fourth-order valence-electron chi connectivity index (χ4n) is 4.88. The molecule has 1 heterocycles. The van der Waals surface area contributed by atoms with E-state index in [-0.39, 0.29) is 11.8 Å². The van der Waals surface area contributed by atoms with E-state index in [1.165, 1.54) is 19.3 Å². The lowest BCUT2D eigenvalue weighted by atomic mass is 9.76. The van der Waals surface area contributed by atoms with Crippen molar-refractivity contribution in [1.29, 1.82) is 0 Å². The molecule has 0 spiro atoms. The van der Waals surface area contributed by atoms with E-state index in [9.17, 15) is 9.59 Å². The molecule has 2 aliphatic rings. The summed E-state index contributed by atoms with van der Waals surface area (Å²) in [4.78, 5) is 28.8. The fraction of sp³-hybridized carbons (Fsp3) is 0.913. The molecule has 1 saturated carbocycles. The van der Waals surface area contributed by atoms with E-state index >= 15 is 0 Å². The molecule has 27 heavy (non-hydrogen) atoms. The molecular formula is C23H42N2O2. The van der Waals surface area contributed by atoms with Crippen LogP contribution in [0, 0.1) is 29.6 Å². The van der Waals surface area contributed by atoms with Gasteiger partial charge < -0.3 is 9.80 Å². The van der Waals surface area contributed by atoms with Crippen LogP contribution in [0.5, 0.6) is 0 Å². The maximum Gasteiger partial charge on any atom is 0.225 e. The van der Waals surface area contributed by atoms with Gasteiger partial charge in [0.25, 0.3) is 0 Å². The summed E-state index contributed by atoms with van der Waals surface area (Å²) < 4.78 is 0. The standard InChI is InChI=1S/C23H42N2O2/c1-17(2)20-8-10-21(11-9-20)23(27)24(5)14-6-7-19-12-15-25(16-13-19)22(26)18(3)4/h17-21H,6-16H2,1-5H3. The zero-order chi connectivity index (χ0) is 20.0. The van der Waals surface area contributed by atoms with E-state index in [0.717, 1.165) is 63.6 Å². The molecule has 0 aromatic carbocycles. The number of piperidine rings is 1. The maximum atomic E-state index is 12.7. The van der Waals surface area contributed by atoms with Crippen LogP contribution in [0.3, 0.4) is 0 Å². The topological polar surface area (TPSA) is 40.6 Å². The molecule has 0 atom stereocenters. The smallest absolute Gasteiger partial charge is 0.225 e. The third-order valence-corrected chi connectivity index (χ3v) is 6.97. The molecule has 2 fully saturated rings. The number of amides is 2. The number of nitrogens with zero attached hydrogens (tertiary/aromatic N) is 2. The van der Waals surface area contributed by atoms with Gasteiger partial charge in [0.05, 0.1) is 0 Å². The van der Waals surface area contributed by atoms with E-state index in [4.69, 9.17) is 0 Å². The largest absolute Gasteiger partial charge is 0.346 e. The summed E-state index contributed by atoms with van der Waals surface area (Å²) in [6.07, 6.45) is 9.10. The van der Waals surface area contributed by atoms with Crippen LogP contribution in [0.4, 0.5) is 0 Å². The van der Waals surface area contributed by atoms with E-state index in [0.29, 0.717) is 17.7 Å². The summed E-state index contributed by atoms with van der Waals surface area (Å²) in [5.74, 6) is 3.31. The summed E-state index contributed by atoms with van der Waals surface area (Å²) in [6, 6.07) is 0. The van der Waals surface area contributed by atoms with E-state index in [1.807, 2.05) is 30.7 Å². The van der Waals surface area contributed by atoms with Crippen molar-refractivity contribution in [2.75, 3.05) is 26.7 Å². The second-order valence-electron chi connectivity index (χ2n) is 9.68. The molecule has 1 saturated heterocycles. The van der Waals surface area contributed by atoms with Gasteiger partial charge in [-0.3, -0.25) is 9.59 Å². The first kappa shape index (κ1) is 22.2. The van der Waals surface area contributed by atoms with Crippen LogP contribution in [-0.2, 0) is 9.59 Å². The fourth-order valence-corrected chi connectivity index (χ4v) is 4.88. The molecule has 0 aromatic rings. The van der Waals surface area contributed by atoms with Crippen LogP contribution in [-0.4, -0.2) is 48.3 Å². The van der Waals surface area contributed by atoms with Gasteiger partial charge in [0.15, 0.2) is 0 Å². The van der Waals surface area contributed by atoms with Crippen LogP contribution >= 0.6 is 0 Å². The number of carbonyl (C=O) groups is 2. The molecule has 156 valence electrons. The lowest BCUT2D eigenvalue weighted by Gasteiger charge is -2.34. The zero-order valence-corrected chi connectivity index (χ0v) is 18.4. The van der Waals surface area contributed by atoms with Crippen LogP contribution in [0.1, 0.15) is 79.1 Å². The molecule has 1 aliphatic carbocycles. The molecule has 4 heteroatoms. The van der Waals surface area contributed by atoms with Crippen molar-refractivity contribution in [3.05, 3.63) is 0 Å². The second kappa shape index (κ2) is 10.5. The Morgan fingerprint density at radius 2 is 1.56 bits per heavy atom. The van der Waals surface area contributed by atoms with Gasteiger partial charge in [0.1, 0.15) is 0 Å². The molecule has 4 nitrogen and oxygen atoms in total. The highest BCUT2D eigenvalue weighted by Crippen LogP contribution is 2.34. The van der Waals surface area contributed by atoms with Gasteiger partial charge in [-0.15, -0.1) is 0 Å². The van der Waals surface area contributed by atoms with Crippen molar-refractivity contribution in [2.24, 2.45) is 29.6 Å². The third kappa shape index (κ3) is 6.50. The van der Waals surface area contributed by atoms with Crippen LogP contribution in [0.2, 0.25) is 0 Å². The molecule has 0 radical (unpaired) electrons. The summed E-state index contributed by atoms with van der Waals surface area (Å²) in [5, 5.41) is 0. The van der Waals surface area contributed by atoms with E-state index in [2.05, 4.69) is 13.8 Å². The number of hydrogen-bond donors (Lipinski definition) is 0. The summed E-state index contributed by atoms with van der Waals surface area (Å²) >= 11 is 0. The first-order valence-corrected chi connectivity index (χ1v) is 11.3. The highest BCUT2D eigenvalue weighted by molar-refractivity contribution is 5.78. The minimum atomic E-state index is 0.108. The monoisotopic (exact) mass is 378 g/mol. The van der Waals surface area contributed by atoms with Gasteiger partial charge in [0.2, 0.25) is 11.8 Å². The number of rotatable bonds is 7. The Morgan fingerprint density at radius 3 is 2.07 bits per heavy atom. The van der Waals surface area contributed by atoms with Gasteiger partial charge >= 0.3 is 0 Å². The molecule has 0 N–H and O–H groups in total. The summed E-state index contributed by atoms with van der Waals surface area (Å²) in [7, 11) is 1.99. The summed E-state index contributed by atoms with van der Waals surface area (Å²) in [6.45, 7) is 11.3. The molecule has 0 unspecified atom stereocenters. The van der Waals surface area contributed by atoms with Crippen molar-refractivity contribution in [3.63, 3.8) is 0 Å². The lowest BCUT2D eigenvalue weighted by Crippen LogP contribution is -2.40. The molecule has 1 aliphatic heterocycles. The number of carbonyl (C=O) groups excluding carboxylic acids is 2. The summed E-state index contributed by atoms with van der Waals surface area (Å²) in [5.41, 5.74) is 0. The van der Waals surface area contributed by atoms with Gasteiger partial charge in [-0.05, 0) is 69.1 Å². The Kier molecular flexibility index (Phi) is 8.62. The molecule has 2 rings (SSSR count). The number of hydrogen-bond acceptors (Lipinski definition) is 2. The molecule has 2 amide bonds. The minimum absolute atomic E-state index is 0.108. The van der Waals surface area contributed by atoms with Crippen molar-refractivity contribution in [3.8, 4) is 0 Å². The lowest BCUT2D eigenvalue weighted by molar-refractivity contribution is -0.137. The first-order valence-electron chi connectivity index (χ1n) is 11.3. The average Bonchev–Trinajstić information content (AvgIpc) is 2.67. The molecule has 0 bridgehead atoms.